The molecule has 1 N–H and O–H groups in total. The molecule has 0 saturated carbocycles. The van der Waals surface area contributed by atoms with Crippen LogP contribution in [-0.2, 0) is 11.8 Å². The van der Waals surface area contributed by atoms with Gasteiger partial charge >= 0.3 is 5.97 Å². The normalized spacial score (nSPS) is 10.2. The fourth-order valence-corrected chi connectivity index (χ4v) is 1.46. The van der Waals surface area contributed by atoms with Crippen molar-refractivity contribution in [1.29, 1.82) is 0 Å². The molecule has 0 aliphatic rings. The number of aryl methyl sites for hydroxylation is 1. The van der Waals surface area contributed by atoms with E-state index in [1.807, 2.05) is 25.4 Å². The van der Waals surface area contributed by atoms with E-state index in [-0.39, 0.29) is 6.61 Å². The summed E-state index contributed by atoms with van der Waals surface area (Å²) >= 11 is 0. The third kappa shape index (κ3) is 2.84. The van der Waals surface area contributed by atoms with E-state index in [0.29, 0.717) is 5.75 Å². The van der Waals surface area contributed by atoms with E-state index in [9.17, 15) is 4.79 Å². The van der Waals surface area contributed by atoms with E-state index in [1.165, 1.54) is 0 Å². The summed E-state index contributed by atoms with van der Waals surface area (Å²) in [4.78, 5) is 10.3. The quantitative estimate of drug-likeness (QED) is 0.868. The van der Waals surface area contributed by atoms with Crippen LogP contribution in [0.1, 0.15) is 0 Å². The van der Waals surface area contributed by atoms with Gasteiger partial charge in [0.2, 0.25) is 0 Å². The number of carboxylic acid groups (broad SMARTS) is 1. The fourth-order valence-electron chi connectivity index (χ4n) is 1.46. The number of aromatic nitrogens is 2. The van der Waals surface area contributed by atoms with Gasteiger partial charge in [-0.2, -0.15) is 5.10 Å². The standard InChI is InChI=1S/C12H12N2O3/c1-14-7-10(6-13-14)9-2-4-11(5-3-9)17-8-12(15)16/h2-7H,8H2,1H3,(H,15,16). The van der Waals surface area contributed by atoms with Gasteiger partial charge in [0, 0.05) is 18.8 Å². The Morgan fingerprint density at radius 3 is 2.59 bits per heavy atom. The largest absolute Gasteiger partial charge is 0.482 e. The van der Waals surface area contributed by atoms with Gasteiger partial charge in [0.05, 0.1) is 6.20 Å². The topological polar surface area (TPSA) is 64.3 Å². The molecule has 5 heteroatoms. The van der Waals surface area contributed by atoms with E-state index < -0.39 is 5.97 Å². The van der Waals surface area contributed by atoms with Gasteiger partial charge in [-0.25, -0.2) is 4.79 Å². The van der Waals surface area contributed by atoms with Gasteiger partial charge in [-0.1, -0.05) is 12.1 Å². The molecule has 0 unspecified atom stereocenters. The Balaban J connectivity index is 2.10. The summed E-state index contributed by atoms with van der Waals surface area (Å²) in [5.74, 6) is -0.443. The van der Waals surface area contributed by atoms with E-state index >= 15 is 0 Å². The van der Waals surface area contributed by atoms with Crippen LogP contribution in [0.15, 0.2) is 36.7 Å². The Morgan fingerprint density at radius 1 is 1.35 bits per heavy atom. The SMILES string of the molecule is Cn1cc(-c2ccc(OCC(=O)O)cc2)cn1. The molecule has 2 rings (SSSR count). The number of carbonyl (C=O) groups is 1. The molecule has 0 amide bonds. The minimum absolute atomic E-state index is 0.327. The fraction of sp³-hybridized carbons (Fsp3) is 0.167. The summed E-state index contributed by atoms with van der Waals surface area (Å²) in [6, 6.07) is 7.22. The Morgan fingerprint density at radius 2 is 2.06 bits per heavy atom. The summed E-state index contributed by atoms with van der Waals surface area (Å²) in [5.41, 5.74) is 2.03. The predicted octanol–water partition coefficient (Wildman–Crippen LogP) is 1.55. The summed E-state index contributed by atoms with van der Waals surface area (Å²) < 4.78 is 6.77. The number of carboxylic acids is 1. The zero-order valence-corrected chi connectivity index (χ0v) is 9.33. The lowest BCUT2D eigenvalue weighted by molar-refractivity contribution is -0.139. The summed E-state index contributed by atoms with van der Waals surface area (Å²) in [6.45, 7) is -0.327. The predicted molar refractivity (Wildman–Crippen MR) is 61.8 cm³/mol. The molecule has 1 heterocycles. The minimum Gasteiger partial charge on any atom is -0.482 e. The molecule has 0 radical (unpaired) electrons. The summed E-state index contributed by atoms with van der Waals surface area (Å²) in [6.07, 6.45) is 3.68. The van der Waals surface area contributed by atoms with Crippen molar-refractivity contribution in [2.45, 2.75) is 0 Å². The van der Waals surface area contributed by atoms with Crippen LogP contribution in [0, 0.1) is 0 Å². The molecule has 0 aliphatic heterocycles. The van der Waals surface area contributed by atoms with Crippen LogP contribution >= 0.6 is 0 Å². The lowest BCUT2D eigenvalue weighted by atomic mass is 10.1. The number of aliphatic carboxylic acids is 1. The number of rotatable bonds is 4. The maximum absolute atomic E-state index is 10.3. The first-order valence-electron chi connectivity index (χ1n) is 5.09. The first-order valence-corrected chi connectivity index (χ1v) is 5.09. The molecule has 1 aromatic carbocycles. The second kappa shape index (κ2) is 4.69. The van der Waals surface area contributed by atoms with E-state index in [1.54, 1.807) is 23.0 Å². The Bertz CT molecular complexity index is 517. The number of hydrogen-bond donors (Lipinski definition) is 1. The zero-order valence-electron chi connectivity index (χ0n) is 9.33. The first kappa shape index (κ1) is 11.2. The highest BCUT2D eigenvalue weighted by Crippen LogP contribution is 2.21. The first-order chi connectivity index (χ1) is 8.15. The molecular weight excluding hydrogens is 220 g/mol. The maximum atomic E-state index is 10.3. The molecule has 5 nitrogen and oxygen atoms in total. The van der Waals surface area contributed by atoms with Crippen molar-refractivity contribution >= 4 is 5.97 Å². The van der Waals surface area contributed by atoms with Gasteiger partial charge in [0.25, 0.3) is 0 Å². The average Bonchev–Trinajstić information content (AvgIpc) is 2.74. The molecule has 0 spiro atoms. The van der Waals surface area contributed by atoms with Crippen LogP contribution in [0.4, 0.5) is 0 Å². The Hall–Kier alpha value is -2.30. The Labute approximate surface area is 98.3 Å². The summed E-state index contributed by atoms with van der Waals surface area (Å²) in [5, 5.41) is 12.6. The van der Waals surface area contributed by atoms with Crippen LogP contribution < -0.4 is 4.74 Å². The number of ether oxygens (including phenoxy) is 1. The second-order valence-electron chi connectivity index (χ2n) is 3.61. The molecule has 2 aromatic rings. The third-order valence-corrected chi connectivity index (χ3v) is 2.25. The van der Waals surface area contributed by atoms with E-state index in [0.717, 1.165) is 11.1 Å². The highest BCUT2D eigenvalue weighted by atomic mass is 16.5. The Kier molecular flexibility index (Phi) is 3.09. The average molecular weight is 232 g/mol. The van der Waals surface area contributed by atoms with Crippen LogP contribution in [0.25, 0.3) is 11.1 Å². The van der Waals surface area contributed by atoms with Gasteiger partial charge in [0.1, 0.15) is 5.75 Å². The molecule has 0 aliphatic carbocycles. The van der Waals surface area contributed by atoms with Crippen molar-refractivity contribution < 1.29 is 14.6 Å². The summed E-state index contributed by atoms with van der Waals surface area (Å²) in [7, 11) is 1.86. The van der Waals surface area contributed by atoms with Crippen molar-refractivity contribution in [2.75, 3.05) is 6.61 Å². The van der Waals surface area contributed by atoms with Crippen molar-refractivity contribution in [3.8, 4) is 16.9 Å². The van der Waals surface area contributed by atoms with Crippen molar-refractivity contribution in [1.82, 2.24) is 9.78 Å². The molecule has 0 bridgehead atoms. The molecule has 88 valence electrons. The van der Waals surface area contributed by atoms with Crippen molar-refractivity contribution in [2.24, 2.45) is 7.05 Å². The third-order valence-electron chi connectivity index (χ3n) is 2.25. The van der Waals surface area contributed by atoms with Crippen molar-refractivity contribution in [3.63, 3.8) is 0 Å². The van der Waals surface area contributed by atoms with Crippen molar-refractivity contribution in [3.05, 3.63) is 36.7 Å². The van der Waals surface area contributed by atoms with Gasteiger partial charge < -0.3 is 9.84 Å². The van der Waals surface area contributed by atoms with Crippen LogP contribution in [0.2, 0.25) is 0 Å². The molecule has 0 fully saturated rings. The van der Waals surface area contributed by atoms with Gasteiger partial charge in [-0.15, -0.1) is 0 Å². The smallest absolute Gasteiger partial charge is 0.341 e. The molecular formula is C12H12N2O3. The highest BCUT2D eigenvalue weighted by molar-refractivity contribution is 5.68. The van der Waals surface area contributed by atoms with Crippen LogP contribution in [0.3, 0.4) is 0 Å². The number of hydrogen-bond acceptors (Lipinski definition) is 3. The molecule has 17 heavy (non-hydrogen) atoms. The second-order valence-corrected chi connectivity index (χ2v) is 3.61. The van der Waals surface area contributed by atoms with Gasteiger partial charge in [-0.05, 0) is 17.7 Å². The molecule has 0 atom stereocenters. The van der Waals surface area contributed by atoms with E-state index in [2.05, 4.69) is 5.10 Å². The highest BCUT2D eigenvalue weighted by Gasteiger charge is 2.02. The minimum atomic E-state index is -0.985. The van der Waals surface area contributed by atoms with Crippen LogP contribution in [0.5, 0.6) is 5.75 Å². The number of benzene rings is 1. The van der Waals surface area contributed by atoms with Gasteiger partial charge in [0.15, 0.2) is 6.61 Å². The molecule has 0 saturated heterocycles. The molecule has 1 aromatic heterocycles. The lowest BCUT2D eigenvalue weighted by Gasteiger charge is -2.03. The monoisotopic (exact) mass is 232 g/mol. The maximum Gasteiger partial charge on any atom is 0.341 e. The van der Waals surface area contributed by atoms with Gasteiger partial charge in [-0.3, -0.25) is 4.68 Å². The van der Waals surface area contributed by atoms with E-state index in [4.69, 9.17) is 9.84 Å². The lowest BCUT2D eigenvalue weighted by Crippen LogP contribution is -2.09. The number of nitrogens with zero attached hydrogens (tertiary/aromatic N) is 2. The van der Waals surface area contributed by atoms with Crippen LogP contribution in [-0.4, -0.2) is 27.5 Å². The zero-order chi connectivity index (χ0) is 12.3.